The summed E-state index contributed by atoms with van der Waals surface area (Å²) < 4.78 is 29.9. The Hall–Kier alpha value is -1.50. The second-order valence-electron chi connectivity index (χ2n) is 5.68. The van der Waals surface area contributed by atoms with Crippen molar-refractivity contribution in [3.63, 3.8) is 0 Å². The molecular formula is C17H19NO3S2. The van der Waals surface area contributed by atoms with Crippen molar-refractivity contribution >= 4 is 33.3 Å². The molecule has 1 aliphatic rings. The SMILES string of the molecule is CCCS(=O)(=O)ON1c2ccc(C)cc2Sc2ccc(C)cc21. The van der Waals surface area contributed by atoms with Gasteiger partial charge in [-0.25, -0.2) is 5.06 Å². The highest BCUT2D eigenvalue weighted by molar-refractivity contribution is 7.99. The molecule has 2 aromatic rings. The Morgan fingerprint density at radius 1 is 1.00 bits per heavy atom. The van der Waals surface area contributed by atoms with Crippen LogP contribution in [0.1, 0.15) is 24.5 Å². The third-order valence-corrected chi connectivity index (χ3v) is 5.93. The number of hydrogen-bond acceptors (Lipinski definition) is 5. The number of nitrogens with zero attached hydrogens (tertiary/aromatic N) is 1. The van der Waals surface area contributed by atoms with Gasteiger partial charge in [-0.15, -0.1) is 4.28 Å². The van der Waals surface area contributed by atoms with Gasteiger partial charge in [-0.2, -0.15) is 8.42 Å². The fraction of sp³-hybridized carbons (Fsp3) is 0.294. The molecule has 4 nitrogen and oxygen atoms in total. The van der Waals surface area contributed by atoms with Crippen molar-refractivity contribution in [2.24, 2.45) is 0 Å². The number of fused-ring (bicyclic) bond motifs is 2. The smallest absolute Gasteiger partial charge is 0.202 e. The summed E-state index contributed by atoms with van der Waals surface area (Å²) in [5, 5.41) is 1.46. The molecule has 0 spiro atoms. The van der Waals surface area contributed by atoms with Crippen molar-refractivity contribution < 1.29 is 12.7 Å². The van der Waals surface area contributed by atoms with E-state index < -0.39 is 10.1 Å². The van der Waals surface area contributed by atoms with Gasteiger partial charge in [0.05, 0.1) is 17.1 Å². The van der Waals surface area contributed by atoms with Gasteiger partial charge in [0.15, 0.2) is 0 Å². The standard InChI is InChI=1S/C17H19NO3S2/c1-4-9-23(19,20)21-18-14-7-5-13(3)11-17(14)22-16-8-6-12(2)10-15(16)18/h5-8,10-11H,4,9H2,1-3H3. The van der Waals surface area contributed by atoms with E-state index in [-0.39, 0.29) is 5.75 Å². The zero-order valence-corrected chi connectivity index (χ0v) is 15.0. The van der Waals surface area contributed by atoms with Gasteiger partial charge >= 0.3 is 0 Å². The Labute approximate surface area is 141 Å². The van der Waals surface area contributed by atoms with E-state index in [0.29, 0.717) is 6.42 Å². The van der Waals surface area contributed by atoms with Gasteiger partial charge < -0.3 is 0 Å². The van der Waals surface area contributed by atoms with Crippen LogP contribution in [0.25, 0.3) is 0 Å². The molecule has 1 aliphatic heterocycles. The van der Waals surface area contributed by atoms with E-state index in [0.717, 1.165) is 32.3 Å². The van der Waals surface area contributed by atoms with Crippen LogP contribution in [-0.4, -0.2) is 14.2 Å². The molecule has 6 heteroatoms. The normalized spacial score (nSPS) is 13.6. The van der Waals surface area contributed by atoms with Crippen molar-refractivity contribution in [1.29, 1.82) is 0 Å². The lowest BCUT2D eigenvalue weighted by atomic mass is 10.2. The molecule has 23 heavy (non-hydrogen) atoms. The first kappa shape index (κ1) is 16.4. The molecule has 0 radical (unpaired) electrons. The Morgan fingerprint density at radius 3 is 2.43 bits per heavy atom. The van der Waals surface area contributed by atoms with Crippen LogP contribution in [0.15, 0.2) is 46.2 Å². The molecule has 0 aromatic heterocycles. The highest BCUT2D eigenvalue weighted by Gasteiger charge is 2.28. The van der Waals surface area contributed by atoms with Gasteiger partial charge in [-0.3, -0.25) is 0 Å². The first-order valence-corrected chi connectivity index (χ1v) is 9.90. The maximum atomic E-state index is 12.2. The first-order chi connectivity index (χ1) is 10.9. The van der Waals surface area contributed by atoms with Crippen LogP contribution >= 0.6 is 11.8 Å². The molecule has 0 saturated carbocycles. The summed E-state index contributed by atoms with van der Waals surface area (Å²) in [6, 6.07) is 11.9. The minimum absolute atomic E-state index is 0.00101. The molecule has 3 rings (SSSR count). The summed E-state index contributed by atoms with van der Waals surface area (Å²) in [6.07, 6.45) is 0.520. The fourth-order valence-electron chi connectivity index (χ4n) is 2.47. The van der Waals surface area contributed by atoms with Gasteiger partial charge in [0.25, 0.3) is 10.1 Å². The Morgan fingerprint density at radius 2 is 1.70 bits per heavy atom. The van der Waals surface area contributed by atoms with Crippen LogP contribution in [0.2, 0.25) is 0 Å². The van der Waals surface area contributed by atoms with E-state index in [1.54, 1.807) is 11.8 Å². The third kappa shape index (κ3) is 3.39. The van der Waals surface area contributed by atoms with Crippen molar-refractivity contribution in [3.05, 3.63) is 47.5 Å². The average Bonchev–Trinajstić information content (AvgIpc) is 2.47. The maximum Gasteiger partial charge on any atom is 0.288 e. The quantitative estimate of drug-likeness (QED) is 0.809. The molecule has 0 N–H and O–H groups in total. The van der Waals surface area contributed by atoms with Crippen LogP contribution in [0.4, 0.5) is 11.4 Å². The van der Waals surface area contributed by atoms with Crippen LogP contribution in [0, 0.1) is 13.8 Å². The lowest BCUT2D eigenvalue weighted by molar-refractivity contribution is 0.319. The first-order valence-electron chi connectivity index (χ1n) is 7.51. The predicted octanol–water partition coefficient (Wildman–Crippen LogP) is 4.58. The van der Waals surface area contributed by atoms with Crippen molar-refractivity contribution in [3.8, 4) is 0 Å². The minimum Gasteiger partial charge on any atom is -0.202 e. The summed E-state index contributed by atoms with van der Waals surface area (Å²) >= 11 is 1.63. The van der Waals surface area contributed by atoms with E-state index in [4.69, 9.17) is 4.28 Å². The molecule has 0 atom stereocenters. The monoisotopic (exact) mass is 349 g/mol. The molecule has 0 saturated heterocycles. The Balaban J connectivity index is 2.12. The van der Waals surface area contributed by atoms with E-state index >= 15 is 0 Å². The second kappa shape index (κ2) is 6.19. The summed E-state index contributed by atoms with van der Waals surface area (Å²) in [5.41, 5.74) is 3.72. The van der Waals surface area contributed by atoms with Gasteiger partial charge in [0.1, 0.15) is 0 Å². The van der Waals surface area contributed by atoms with Crippen LogP contribution in [-0.2, 0) is 14.4 Å². The van der Waals surface area contributed by atoms with E-state index in [9.17, 15) is 8.42 Å². The number of anilines is 2. The van der Waals surface area contributed by atoms with Crippen molar-refractivity contribution in [1.82, 2.24) is 0 Å². The van der Waals surface area contributed by atoms with Crippen molar-refractivity contribution in [2.45, 2.75) is 37.0 Å². The number of rotatable bonds is 4. The summed E-state index contributed by atoms with van der Waals surface area (Å²) in [7, 11) is -3.62. The number of aryl methyl sites for hydroxylation is 2. The predicted molar refractivity (Wildman–Crippen MR) is 93.8 cm³/mol. The number of hydrogen-bond donors (Lipinski definition) is 0. The fourth-order valence-corrected chi connectivity index (χ4v) is 4.55. The van der Waals surface area contributed by atoms with Crippen LogP contribution in [0.3, 0.4) is 0 Å². The minimum atomic E-state index is -3.62. The molecule has 1 heterocycles. The topological polar surface area (TPSA) is 46.6 Å². The lowest BCUT2D eigenvalue weighted by Gasteiger charge is -2.31. The molecule has 122 valence electrons. The largest absolute Gasteiger partial charge is 0.288 e. The molecule has 2 aromatic carbocycles. The van der Waals surface area contributed by atoms with Crippen molar-refractivity contribution in [2.75, 3.05) is 10.8 Å². The van der Waals surface area contributed by atoms with Crippen LogP contribution < -0.4 is 5.06 Å². The van der Waals surface area contributed by atoms with Gasteiger partial charge in [-0.05, 0) is 55.7 Å². The summed E-state index contributed by atoms with van der Waals surface area (Å²) in [4.78, 5) is 1.98. The maximum absolute atomic E-state index is 12.2. The second-order valence-corrected chi connectivity index (χ2v) is 8.43. The molecular weight excluding hydrogens is 330 g/mol. The summed E-state index contributed by atoms with van der Waals surface area (Å²) in [5.74, 6) is -0.00101. The van der Waals surface area contributed by atoms with E-state index in [1.165, 1.54) is 5.06 Å². The highest BCUT2D eigenvalue weighted by atomic mass is 32.2. The molecule has 0 fully saturated rings. The highest BCUT2D eigenvalue weighted by Crippen LogP contribution is 2.49. The van der Waals surface area contributed by atoms with Crippen LogP contribution in [0.5, 0.6) is 0 Å². The van der Waals surface area contributed by atoms with E-state index in [1.807, 2.05) is 57.2 Å². The van der Waals surface area contributed by atoms with E-state index in [2.05, 4.69) is 0 Å². The van der Waals surface area contributed by atoms with Gasteiger partial charge in [-0.1, -0.05) is 30.8 Å². The molecule has 0 bridgehead atoms. The third-order valence-electron chi connectivity index (χ3n) is 3.53. The zero-order chi connectivity index (χ0) is 16.6. The molecule has 0 amide bonds. The molecule has 0 aliphatic carbocycles. The number of benzene rings is 2. The van der Waals surface area contributed by atoms with Gasteiger partial charge in [0.2, 0.25) is 0 Å². The average molecular weight is 349 g/mol. The summed E-state index contributed by atoms with van der Waals surface area (Å²) in [6.45, 7) is 5.82. The van der Waals surface area contributed by atoms with Gasteiger partial charge in [0, 0.05) is 9.79 Å². The Kier molecular flexibility index (Phi) is 4.40. The molecule has 0 unspecified atom stereocenters. The zero-order valence-electron chi connectivity index (χ0n) is 13.4. The lowest BCUT2D eigenvalue weighted by Crippen LogP contribution is -2.26. The Bertz CT molecular complexity index is 847.